The molecule has 0 aromatic rings. The number of nitrogens with one attached hydrogen (secondary N) is 1. The molecule has 5 heteroatoms. The van der Waals surface area contributed by atoms with Gasteiger partial charge in [-0.25, -0.2) is 0 Å². The lowest BCUT2D eigenvalue weighted by Gasteiger charge is -2.33. The van der Waals surface area contributed by atoms with Crippen LogP contribution in [0.15, 0.2) is 0 Å². The first-order chi connectivity index (χ1) is 7.33. The molecule has 15 heavy (non-hydrogen) atoms. The van der Waals surface area contributed by atoms with E-state index in [0.717, 1.165) is 19.4 Å². The van der Waals surface area contributed by atoms with Crippen molar-refractivity contribution >= 4 is 5.91 Å². The van der Waals surface area contributed by atoms with Crippen molar-refractivity contribution in [1.82, 2.24) is 10.2 Å². The first kappa shape index (κ1) is 10.4. The third-order valence-corrected chi connectivity index (χ3v) is 2.88. The van der Waals surface area contributed by atoms with Crippen molar-refractivity contribution in [2.24, 2.45) is 0 Å². The summed E-state index contributed by atoms with van der Waals surface area (Å²) in [6, 6.07) is 1.81. The lowest BCUT2D eigenvalue weighted by Crippen LogP contribution is -2.55. The summed E-state index contributed by atoms with van der Waals surface area (Å²) < 4.78 is 5.34. The molecule has 2 aliphatic heterocycles. The lowest BCUT2D eigenvalue weighted by atomic mass is 10.1. The molecule has 5 nitrogen and oxygen atoms in total. The number of ether oxygens (including phenoxy) is 1. The summed E-state index contributed by atoms with van der Waals surface area (Å²) in [4.78, 5) is 13.6. The first-order valence-corrected chi connectivity index (χ1v) is 5.35. The standard InChI is InChI=1S/C10H15N3O2/c11-6-8-7-12-3-4-13(8)10(14)9-2-1-5-15-9/h8-9,12H,1-5,7H2. The van der Waals surface area contributed by atoms with Crippen molar-refractivity contribution in [1.29, 1.82) is 5.26 Å². The average Bonchev–Trinajstić information content (AvgIpc) is 2.81. The second-order valence-corrected chi connectivity index (χ2v) is 3.88. The number of carbonyl (C=O) groups is 1. The fourth-order valence-corrected chi connectivity index (χ4v) is 2.04. The molecule has 2 heterocycles. The zero-order valence-corrected chi connectivity index (χ0v) is 8.61. The van der Waals surface area contributed by atoms with E-state index in [0.29, 0.717) is 19.7 Å². The molecule has 2 aliphatic rings. The van der Waals surface area contributed by atoms with Gasteiger partial charge in [0.15, 0.2) is 0 Å². The Morgan fingerprint density at radius 1 is 1.60 bits per heavy atom. The first-order valence-electron chi connectivity index (χ1n) is 5.35. The molecular weight excluding hydrogens is 194 g/mol. The van der Waals surface area contributed by atoms with Gasteiger partial charge in [-0.1, -0.05) is 0 Å². The Labute approximate surface area is 89.0 Å². The number of hydrogen-bond acceptors (Lipinski definition) is 4. The van der Waals surface area contributed by atoms with Crippen LogP contribution in [0.2, 0.25) is 0 Å². The number of amides is 1. The van der Waals surface area contributed by atoms with Gasteiger partial charge < -0.3 is 15.0 Å². The van der Waals surface area contributed by atoms with Crippen molar-refractivity contribution < 1.29 is 9.53 Å². The Kier molecular flexibility index (Phi) is 3.19. The van der Waals surface area contributed by atoms with Gasteiger partial charge in [-0.05, 0) is 12.8 Å². The molecule has 2 fully saturated rings. The van der Waals surface area contributed by atoms with Crippen LogP contribution in [0.25, 0.3) is 0 Å². The highest BCUT2D eigenvalue weighted by atomic mass is 16.5. The molecule has 0 aliphatic carbocycles. The molecule has 0 bridgehead atoms. The van der Waals surface area contributed by atoms with E-state index in [4.69, 9.17) is 10.00 Å². The van der Waals surface area contributed by atoms with Crippen LogP contribution in [0, 0.1) is 11.3 Å². The molecule has 1 amide bonds. The second-order valence-electron chi connectivity index (χ2n) is 3.88. The highest BCUT2D eigenvalue weighted by molar-refractivity contribution is 5.82. The van der Waals surface area contributed by atoms with Crippen LogP contribution < -0.4 is 5.32 Å². The smallest absolute Gasteiger partial charge is 0.252 e. The van der Waals surface area contributed by atoms with Crippen LogP contribution in [0.4, 0.5) is 0 Å². The third kappa shape index (κ3) is 2.11. The van der Waals surface area contributed by atoms with E-state index in [2.05, 4.69) is 11.4 Å². The highest BCUT2D eigenvalue weighted by Crippen LogP contribution is 2.16. The maximum Gasteiger partial charge on any atom is 0.252 e. The number of rotatable bonds is 1. The predicted molar refractivity (Wildman–Crippen MR) is 53.0 cm³/mol. The van der Waals surface area contributed by atoms with Gasteiger partial charge in [0.1, 0.15) is 12.1 Å². The largest absolute Gasteiger partial charge is 0.368 e. The summed E-state index contributed by atoms with van der Waals surface area (Å²) in [5.41, 5.74) is 0. The summed E-state index contributed by atoms with van der Waals surface area (Å²) in [5.74, 6) is -0.0134. The van der Waals surface area contributed by atoms with Gasteiger partial charge in [0.05, 0.1) is 6.07 Å². The van der Waals surface area contributed by atoms with E-state index >= 15 is 0 Å². The summed E-state index contributed by atoms with van der Waals surface area (Å²) in [7, 11) is 0. The number of hydrogen-bond donors (Lipinski definition) is 1. The van der Waals surface area contributed by atoms with Gasteiger partial charge >= 0.3 is 0 Å². The van der Waals surface area contributed by atoms with Gasteiger partial charge in [0.2, 0.25) is 0 Å². The summed E-state index contributed by atoms with van der Waals surface area (Å²) in [6.45, 7) is 2.60. The van der Waals surface area contributed by atoms with E-state index in [1.165, 1.54) is 0 Å². The van der Waals surface area contributed by atoms with Crippen LogP contribution in [-0.2, 0) is 9.53 Å². The second kappa shape index (κ2) is 4.60. The Morgan fingerprint density at radius 2 is 2.47 bits per heavy atom. The van der Waals surface area contributed by atoms with Crippen molar-refractivity contribution in [3.63, 3.8) is 0 Å². The summed E-state index contributed by atoms with van der Waals surface area (Å²) >= 11 is 0. The minimum Gasteiger partial charge on any atom is -0.368 e. The van der Waals surface area contributed by atoms with Gasteiger partial charge in [-0.2, -0.15) is 5.26 Å². The highest BCUT2D eigenvalue weighted by Gasteiger charge is 2.33. The van der Waals surface area contributed by atoms with E-state index in [1.54, 1.807) is 4.90 Å². The van der Waals surface area contributed by atoms with Crippen LogP contribution in [-0.4, -0.2) is 49.2 Å². The van der Waals surface area contributed by atoms with E-state index < -0.39 is 0 Å². The van der Waals surface area contributed by atoms with E-state index in [-0.39, 0.29) is 18.1 Å². The van der Waals surface area contributed by atoms with Crippen LogP contribution in [0.1, 0.15) is 12.8 Å². The minimum atomic E-state index is -0.338. The average molecular weight is 209 g/mol. The summed E-state index contributed by atoms with van der Waals surface area (Å²) in [5, 5.41) is 12.0. The fourth-order valence-electron chi connectivity index (χ4n) is 2.04. The SMILES string of the molecule is N#CC1CNCCN1C(=O)C1CCCO1. The maximum absolute atomic E-state index is 12.0. The molecule has 0 saturated carbocycles. The Morgan fingerprint density at radius 3 is 3.13 bits per heavy atom. The van der Waals surface area contributed by atoms with Crippen molar-refractivity contribution in [3.8, 4) is 6.07 Å². The Hall–Kier alpha value is -1.12. The van der Waals surface area contributed by atoms with E-state index in [9.17, 15) is 4.79 Å². The molecule has 2 atom stereocenters. The normalized spacial score (nSPS) is 31.3. The maximum atomic E-state index is 12.0. The van der Waals surface area contributed by atoms with Gasteiger partial charge in [0.25, 0.3) is 5.91 Å². The number of nitrogens with zero attached hydrogens (tertiary/aromatic N) is 2. The monoisotopic (exact) mass is 209 g/mol. The lowest BCUT2D eigenvalue weighted by molar-refractivity contribution is -0.143. The van der Waals surface area contributed by atoms with Crippen molar-refractivity contribution in [3.05, 3.63) is 0 Å². The molecule has 0 radical (unpaired) electrons. The third-order valence-electron chi connectivity index (χ3n) is 2.88. The van der Waals surface area contributed by atoms with Crippen LogP contribution >= 0.6 is 0 Å². The van der Waals surface area contributed by atoms with E-state index in [1.807, 2.05) is 0 Å². The van der Waals surface area contributed by atoms with Gasteiger partial charge in [-0.15, -0.1) is 0 Å². The molecule has 0 aromatic heterocycles. The van der Waals surface area contributed by atoms with Gasteiger partial charge in [0, 0.05) is 26.2 Å². The van der Waals surface area contributed by atoms with Crippen LogP contribution in [0.5, 0.6) is 0 Å². The zero-order chi connectivity index (χ0) is 10.7. The molecule has 2 unspecified atom stereocenters. The molecule has 2 saturated heterocycles. The quantitative estimate of drug-likeness (QED) is 0.631. The van der Waals surface area contributed by atoms with Crippen molar-refractivity contribution in [2.75, 3.05) is 26.2 Å². The number of carbonyl (C=O) groups excluding carboxylic acids is 1. The molecule has 1 N–H and O–H groups in total. The van der Waals surface area contributed by atoms with Crippen molar-refractivity contribution in [2.45, 2.75) is 25.0 Å². The molecule has 0 aromatic carbocycles. The predicted octanol–water partition coefficient (Wildman–Crippen LogP) is -0.511. The topological polar surface area (TPSA) is 65.4 Å². The van der Waals surface area contributed by atoms with Crippen LogP contribution in [0.3, 0.4) is 0 Å². The minimum absolute atomic E-state index is 0.0134. The molecule has 82 valence electrons. The molecule has 2 rings (SSSR count). The zero-order valence-electron chi connectivity index (χ0n) is 8.61. The summed E-state index contributed by atoms with van der Waals surface area (Å²) in [6.07, 6.45) is 1.43. The molecule has 0 spiro atoms. The Balaban J connectivity index is 2.00. The molecular formula is C10H15N3O2. The number of piperazine rings is 1. The fraction of sp³-hybridized carbons (Fsp3) is 0.800. The Bertz CT molecular complexity index is 281. The number of nitriles is 1. The van der Waals surface area contributed by atoms with Gasteiger partial charge in [-0.3, -0.25) is 4.79 Å².